The molecule has 2 N–H and O–H groups in total. The molecular formula is C10H9ClN4OS. The summed E-state index contributed by atoms with van der Waals surface area (Å²) in [7, 11) is 0. The van der Waals surface area contributed by atoms with Gasteiger partial charge in [0, 0.05) is 5.02 Å². The zero-order valence-electron chi connectivity index (χ0n) is 8.92. The Morgan fingerprint density at radius 1 is 1.29 bits per heavy atom. The minimum atomic E-state index is 0.126. The van der Waals surface area contributed by atoms with Gasteiger partial charge in [0.2, 0.25) is 5.95 Å². The van der Waals surface area contributed by atoms with Crippen molar-refractivity contribution in [2.24, 2.45) is 0 Å². The molecule has 0 saturated heterocycles. The van der Waals surface area contributed by atoms with Gasteiger partial charge in [-0.2, -0.15) is 15.0 Å². The van der Waals surface area contributed by atoms with Crippen LogP contribution in [0.5, 0.6) is 11.8 Å². The van der Waals surface area contributed by atoms with Crippen LogP contribution in [0, 0.1) is 0 Å². The molecule has 0 unspecified atom stereocenters. The van der Waals surface area contributed by atoms with E-state index in [0.29, 0.717) is 15.9 Å². The maximum absolute atomic E-state index is 5.84. The molecule has 1 aromatic carbocycles. The minimum Gasteiger partial charge on any atom is -0.424 e. The Kier molecular flexibility index (Phi) is 3.65. The van der Waals surface area contributed by atoms with Gasteiger partial charge in [-0.15, -0.1) is 0 Å². The van der Waals surface area contributed by atoms with Gasteiger partial charge in [0.05, 0.1) is 0 Å². The van der Waals surface area contributed by atoms with Crippen molar-refractivity contribution in [1.29, 1.82) is 0 Å². The van der Waals surface area contributed by atoms with Crippen LogP contribution in [0.4, 0.5) is 5.95 Å². The standard InChI is InChI=1S/C10H9ClN4OS/c1-17-10-14-8(12)13-9(15-10)16-7-4-2-3-6(11)5-7/h2-5H,1H3,(H2,12,13,14,15). The molecule has 7 heteroatoms. The Bertz CT molecular complexity index is 537. The van der Waals surface area contributed by atoms with Crippen molar-refractivity contribution >= 4 is 29.3 Å². The number of nitrogen functional groups attached to an aromatic ring is 1. The SMILES string of the molecule is CSc1nc(N)nc(Oc2cccc(Cl)c2)n1. The number of thioether (sulfide) groups is 1. The van der Waals surface area contributed by atoms with E-state index in [1.165, 1.54) is 11.8 Å². The third-order valence-electron chi connectivity index (χ3n) is 1.80. The Morgan fingerprint density at radius 2 is 2.12 bits per heavy atom. The van der Waals surface area contributed by atoms with Gasteiger partial charge in [0.1, 0.15) is 5.75 Å². The highest BCUT2D eigenvalue weighted by molar-refractivity contribution is 7.98. The quantitative estimate of drug-likeness (QED) is 0.863. The number of nitrogens with two attached hydrogens (primary N) is 1. The maximum Gasteiger partial charge on any atom is 0.327 e. The maximum atomic E-state index is 5.84. The van der Waals surface area contributed by atoms with E-state index in [1.807, 2.05) is 6.26 Å². The fourth-order valence-electron chi connectivity index (χ4n) is 1.13. The van der Waals surface area contributed by atoms with Gasteiger partial charge in [-0.25, -0.2) is 0 Å². The molecule has 0 aliphatic rings. The number of aromatic nitrogens is 3. The summed E-state index contributed by atoms with van der Waals surface area (Å²) in [6, 6.07) is 7.11. The second kappa shape index (κ2) is 5.20. The largest absolute Gasteiger partial charge is 0.424 e. The lowest BCUT2D eigenvalue weighted by Gasteiger charge is -2.05. The van der Waals surface area contributed by atoms with Crippen molar-refractivity contribution in [2.75, 3.05) is 12.0 Å². The average molecular weight is 269 g/mol. The molecule has 0 saturated carbocycles. The predicted octanol–water partition coefficient (Wildman–Crippen LogP) is 2.62. The molecule has 0 fully saturated rings. The van der Waals surface area contributed by atoms with Gasteiger partial charge in [0.25, 0.3) is 0 Å². The first-order valence-electron chi connectivity index (χ1n) is 4.66. The van der Waals surface area contributed by atoms with Crippen LogP contribution in [0.15, 0.2) is 29.4 Å². The zero-order chi connectivity index (χ0) is 12.3. The van der Waals surface area contributed by atoms with Crippen LogP contribution in [-0.2, 0) is 0 Å². The Hall–Kier alpha value is -1.53. The van der Waals surface area contributed by atoms with Crippen molar-refractivity contribution in [3.8, 4) is 11.8 Å². The molecule has 17 heavy (non-hydrogen) atoms. The highest BCUT2D eigenvalue weighted by atomic mass is 35.5. The lowest BCUT2D eigenvalue weighted by atomic mass is 10.3. The van der Waals surface area contributed by atoms with Crippen LogP contribution < -0.4 is 10.5 Å². The number of benzene rings is 1. The number of halogens is 1. The number of nitrogens with zero attached hydrogens (tertiary/aromatic N) is 3. The lowest BCUT2D eigenvalue weighted by molar-refractivity contribution is 0.434. The van der Waals surface area contributed by atoms with Crippen molar-refractivity contribution in [3.63, 3.8) is 0 Å². The number of hydrogen-bond acceptors (Lipinski definition) is 6. The molecule has 0 amide bonds. The Balaban J connectivity index is 2.26. The summed E-state index contributed by atoms with van der Waals surface area (Å²) in [5.41, 5.74) is 5.54. The summed E-state index contributed by atoms with van der Waals surface area (Å²) in [4.78, 5) is 11.9. The van der Waals surface area contributed by atoms with Gasteiger partial charge in [-0.05, 0) is 24.5 Å². The van der Waals surface area contributed by atoms with Crippen molar-refractivity contribution in [1.82, 2.24) is 15.0 Å². The molecule has 2 aromatic rings. The smallest absolute Gasteiger partial charge is 0.327 e. The summed E-state index contributed by atoms with van der Waals surface area (Å²) in [6.07, 6.45) is 1.85. The first-order chi connectivity index (χ1) is 8.17. The first kappa shape index (κ1) is 11.9. The molecule has 2 rings (SSSR count). The van der Waals surface area contributed by atoms with E-state index in [1.54, 1.807) is 24.3 Å². The number of ether oxygens (including phenoxy) is 1. The average Bonchev–Trinajstić information content (AvgIpc) is 2.28. The predicted molar refractivity (Wildman–Crippen MR) is 67.5 cm³/mol. The van der Waals surface area contributed by atoms with E-state index in [4.69, 9.17) is 22.1 Å². The van der Waals surface area contributed by atoms with Crippen LogP contribution in [0.3, 0.4) is 0 Å². The highest BCUT2D eigenvalue weighted by Crippen LogP contribution is 2.22. The van der Waals surface area contributed by atoms with Gasteiger partial charge in [-0.3, -0.25) is 0 Å². The fraction of sp³-hybridized carbons (Fsp3) is 0.100. The fourth-order valence-corrected chi connectivity index (χ4v) is 1.66. The monoisotopic (exact) mass is 268 g/mol. The topological polar surface area (TPSA) is 73.9 Å². The summed E-state index contributed by atoms with van der Waals surface area (Å²) < 4.78 is 5.44. The summed E-state index contributed by atoms with van der Waals surface area (Å²) in [5.74, 6) is 0.677. The normalized spacial score (nSPS) is 10.2. The molecule has 0 aliphatic carbocycles. The molecule has 88 valence electrons. The zero-order valence-corrected chi connectivity index (χ0v) is 10.5. The van der Waals surface area contributed by atoms with E-state index >= 15 is 0 Å². The molecule has 5 nitrogen and oxygen atoms in total. The van der Waals surface area contributed by atoms with Crippen LogP contribution in [-0.4, -0.2) is 21.2 Å². The third-order valence-corrected chi connectivity index (χ3v) is 2.58. The minimum absolute atomic E-state index is 0.126. The lowest BCUT2D eigenvalue weighted by Crippen LogP contribution is -2.01. The highest BCUT2D eigenvalue weighted by Gasteiger charge is 2.06. The third kappa shape index (κ3) is 3.21. The van der Waals surface area contributed by atoms with Crippen LogP contribution >= 0.6 is 23.4 Å². The van der Waals surface area contributed by atoms with Crippen LogP contribution in [0.25, 0.3) is 0 Å². The second-order valence-electron chi connectivity index (χ2n) is 3.02. The summed E-state index contributed by atoms with van der Waals surface area (Å²) >= 11 is 7.20. The second-order valence-corrected chi connectivity index (χ2v) is 4.23. The molecule has 1 heterocycles. The molecular weight excluding hydrogens is 260 g/mol. The molecule has 0 bridgehead atoms. The van der Waals surface area contributed by atoms with Gasteiger partial charge in [0.15, 0.2) is 5.16 Å². The first-order valence-corrected chi connectivity index (χ1v) is 6.26. The Morgan fingerprint density at radius 3 is 2.82 bits per heavy atom. The van der Waals surface area contributed by atoms with E-state index in [2.05, 4.69) is 15.0 Å². The molecule has 0 spiro atoms. The number of rotatable bonds is 3. The van der Waals surface area contributed by atoms with E-state index in [9.17, 15) is 0 Å². The van der Waals surface area contributed by atoms with Gasteiger partial charge < -0.3 is 10.5 Å². The Labute approximate surface area is 107 Å². The molecule has 1 aromatic heterocycles. The number of hydrogen-bond donors (Lipinski definition) is 1. The van der Waals surface area contributed by atoms with Crippen LogP contribution in [0.2, 0.25) is 5.02 Å². The van der Waals surface area contributed by atoms with E-state index in [-0.39, 0.29) is 12.0 Å². The molecule has 0 atom stereocenters. The van der Waals surface area contributed by atoms with Crippen LogP contribution in [0.1, 0.15) is 0 Å². The van der Waals surface area contributed by atoms with Crippen molar-refractivity contribution in [2.45, 2.75) is 5.16 Å². The van der Waals surface area contributed by atoms with Crippen molar-refractivity contribution in [3.05, 3.63) is 29.3 Å². The molecule has 0 radical (unpaired) electrons. The van der Waals surface area contributed by atoms with Gasteiger partial charge >= 0.3 is 6.01 Å². The van der Waals surface area contributed by atoms with E-state index < -0.39 is 0 Å². The summed E-state index contributed by atoms with van der Waals surface area (Å²) in [5, 5.41) is 1.09. The van der Waals surface area contributed by atoms with E-state index in [0.717, 1.165) is 0 Å². The van der Waals surface area contributed by atoms with Crippen molar-refractivity contribution < 1.29 is 4.74 Å². The van der Waals surface area contributed by atoms with Gasteiger partial charge in [-0.1, -0.05) is 29.4 Å². The number of anilines is 1. The molecule has 0 aliphatic heterocycles. The summed E-state index contributed by atoms with van der Waals surface area (Å²) in [6.45, 7) is 0.